The Morgan fingerprint density at radius 1 is 1.38 bits per heavy atom. The first-order chi connectivity index (χ1) is 7.36. The van der Waals surface area contributed by atoms with Crippen LogP contribution in [0.4, 0.5) is 17.6 Å². The summed E-state index contributed by atoms with van der Waals surface area (Å²) in [6.07, 6.45) is -1.35. The van der Waals surface area contributed by atoms with Gasteiger partial charge < -0.3 is 5.11 Å². The lowest BCUT2D eigenvalue weighted by Gasteiger charge is -2.12. The highest BCUT2D eigenvalue weighted by Crippen LogP contribution is 2.32. The molecule has 1 nitrogen and oxygen atoms in total. The summed E-state index contributed by atoms with van der Waals surface area (Å²) in [6.45, 7) is 0. The van der Waals surface area contributed by atoms with Gasteiger partial charge >= 0.3 is 6.18 Å². The Morgan fingerprint density at radius 3 is 2.50 bits per heavy atom. The zero-order valence-corrected chi connectivity index (χ0v) is 8.05. The second-order valence-corrected chi connectivity index (χ2v) is 3.16. The summed E-state index contributed by atoms with van der Waals surface area (Å²) in [6, 6.07) is 1.84. The maximum atomic E-state index is 13.1. The van der Waals surface area contributed by atoms with Crippen LogP contribution in [0.25, 0.3) is 0 Å². The first kappa shape index (κ1) is 12.5. The summed E-state index contributed by atoms with van der Waals surface area (Å²) in [5.74, 6) is 1.15. The molecule has 0 bridgehead atoms. The molecular weight excluding hydrogens is 224 g/mol. The topological polar surface area (TPSA) is 20.2 Å². The first-order valence-corrected chi connectivity index (χ1v) is 4.34. The smallest absolute Gasteiger partial charge is 0.387 e. The molecule has 0 saturated carbocycles. The highest BCUT2D eigenvalue weighted by molar-refractivity contribution is 5.29. The van der Waals surface area contributed by atoms with Gasteiger partial charge in [-0.3, -0.25) is 0 Å². The van der Waals surface area contributed by atoms with Crippen LogP contribution >= 0.6 is 0 Å². The molecule has 1 unspecified atom stereocenters. The van der Waals surface area contributed by atoms with E-state index in [2.05, 4.69) is 5.92 Å². The second kappa shape index (κ2) is 4.54. The van der Waals surface area contributed by atoms with E-state index in [0.29, 0.717) is 18.2 Å². The quantitative estimate of drug-likeness (QED) is 0.614. The Hall–Kier alpha value is -1.54. The van der Waals surface area contributed by atoms with Gasteiger partial charge in [-0.25, -0.2) is 4.39 Å². The van der Waals surface area contributed by atoms with E-state index in [0.717, 1.165) is 0 Å². The van der Waals surface area contributed by atoms with E-state index in [1.807, 2.05) is 0 Å². The minimum absolute atomic E-state index is 0.238. The SMILES string of the molecule is C#CCC(O)c1cc(C(F)(F)F)ccc1F. The van der Waals surface area contributed by atoms with Gasteiger partial charge in [-0.15, -0.1) is 12.3 Å². The van der Waals surface area contributed by atoms with E-state index in [1.165, 1.54) is 0 Å². The number of benzene rings is 1. The van der Waals surface area contributed by atoms with Crippen molar-refractivity contribution >= 4 is 0 Å². The lowest BCUT2D eigenvalue weighted by Crippen LogP contribution is -2.08. The van der Waals surface area contributed by atoms with Crippen molar-refractivity contribution in [2.45, 2.75) is 18.7 Å². The number of hydrogen-bond acceptors (Lipinski definition) is 1. The van der Waals surface area contributed by atoms with Crippen molar-refractivity contribution in [2.75, 3.05) is 0 Å². The third-order valence-corrected chi connectivity index (χ3v) is 1.99. The predicted octanol–water partition coefficient (Wildman–Crippen LogP) is 2.90. The monoisotopic (exact) mass is 232 g/mol. The molecule has 0 aromatic heterocycles. The zero-order valence-electron chi connectivity index (χ0n) is 8.05. The van der Waals surface area contributed by atoms with Crippen molar-refractivity contribution in [3.63, 3.8) is 0 Å². The Morgan fingerprint density at radius 2 is 2.00 bits per heavy atom. The van der Waals surface area contributed by atoms with Crippen LogP contribution in [-0.2, 0) is 6.18 Å². The molecule has 1 aromatic rings. The molecule has 1 rings (SSSR count). The van der Waals surface area contributed by atoms with E-state index < -0.39 is 29.2 Å². The maximum absolute atomic E-state index is 13.1. The lowest BCUT2D eigenvalue weighted by atomic mass is 10.0. The molecule has 1 N–H and O–H groups in total. The number of aliphatic hydroxyl groups excluding tert-OH is 1. The van der Waals surface area contributed by atoms with Gasteiger partial charge in [0.05, 0.1) is 11.7 Å². The molecule has 1 aromatic carbocycles. The molecule has 0 radical (unpaired) electrons. The van der Waals surface area contributed by atoms with Crippen LogP contribution in [-0.4, -0.2) is 5.11 Å². The van der Waals surface area contributed by atoms with Gasteiger partial charge in [-0.2, -0.15) is 13.2 Å². The number of rotatable bonds is 2. The second-order valence-electron chi connectivity index (χ2n) is 3.16. The predicted molar refractivity (Wildman–Crippen MR) is 49.8 cm³/mol. The summed E-state index contributed by atoms with van der Waals surface area (Å²) in [7, 11) is 0. The van der Waals surface area contributed by atoms with Gasteiger partial charge in [-0.1, -0.05) is 0 Å². The fourth-order valence-corrected chi connectivity index (χ4v) is 1.20. The van der Waals surface area contributed by atoms with Gasteiger partial charge in [0.15, 0.2) is 0 Å². The minimum atomic E-state index is -4.57. The van der Waals surface area contributed by atoms with E-state index in [9.17, 15) is 22.7 Å². The first-order valence-electron chi connectivity index (χ1n) is 4.34. The molecule has 16 heavy (non-hydrogen) atoms. The third-order valence-electron chi connectivity index (χ3n) is 1.99. The van der Waals surface area contributed by atoms with Crippen molar-refractivity contribution in [2.24, 2.45) is 0 Å². The fraction of sp³-hybridized carbons (Fsp3) is 0.273. The molecule has 0 heterocycles. The normalized spacial score (nSPS) is 13.2. The molecule has 1 atom stereocenters. The van der Waals surface area contributed by atoms with Crippen LogP contribution in [0.15, 0.2) is 18.2 Å². The van der Waals surface area contributed by atoms with Crippen molar-refractivity contribution in [1.82, 2.24) is 0 Å². The summed E-state index contributed by atoms with van der Waals surface area (Å²) < 4.78 is 50.0. The Kier molecular flexibility index (Phi) is 3.55. The fourth-order valence-electron chi connectivity index (χ4n) is 1.20. The molecule has 0 spiro atoms. The van der Waals surface area contributed by atoms with Crippen LogP contribution in [0.5, 0.6) is 0 Å². The highest BCUT2D eigenvalue weighted by Gasteiger charge is 2.31. The van der Waals surface area contributed by atoms with Crippen LogP contribution in [0.3, 0.4) is 0 Å². The van der Waals surface area contributed by atoms with Gasteiger partial charge in [-0.05, 0) is 18.2 Å². The molecule has 0 aliphatic heterocycles. The van der Waals surface area contributed by atoms with Gasteiger partial charge in [0.1, 0.15) is 5.82 Å². The third kappa shape index (κ3) is 2.74. The van der Waals surface area contributed by atoms with Gasteiger partial charge in [0.25, 0.3) is 0 Å². The lowest BCUT2D eigenvalue weighted by molar-refractivity contribution is -0.137. The largest absolute Gasteiger partial charge is 0.416 e. The summed E-state index contributed by atoms with van der Waals surface area (Å²) in [5.41, 5.74) is -1.45. The Bertz CT molecular complexity index is 417. The van der Waals surface area contributed by atoms with E-state index >= 15 is 0 Å². The average molecular weight is 232 g/mol. The number of alkyl halides is 3. The summed E-state index contributed by atoms with van der Waals surface area (Å²) in [5, 5.41) is 9.34. The molecule has 86 valence electrons. The van der Waals surface area contributed by atoms with Crippen LogP contribution in [0.2, 0.25) is 0 Å². The molecule has 0 saturated heterocycles. The number of halogens is 4. The van der Waals surface area contributed by atoms with Crippen molar-refractivity contribution in [1.29, 1.82) is 0 Å². The van der Waals surface area contributed by atoms with E-state index in [-0.39, 0.29) is 6.42 Å². The van der Waals surface area contributed by atoms with Crippen molar-refractivity contribution in [3.05, 3.63) is 35.1 Å². The molecule has 0 fully saturated rings. The molecule has 0 aliphatic rings. The summed E-state index contributed by atoms with van der Waals surface area (Å²) in [4.78, 5) is 0. The van der Waals surface area contributed by atoms with Crippen molar-refractivity contribution < 1.29 is 22.7 Å². The molecular formula is C11H8F4O. The Balaban J connectivity index is 3.15. The van der Waals surface area contributed by atoms with E-state index in [1.54, 1.807) is 0 Å². The molecule has 0 amide bonds. The van der Waals surface area contributed by atoms with Gasteiger partial charge in [0, 0.05) is 12.0 Å². The number of hydrogen-bond donors (Lipinski definition) is 1. The maximum Gasteiger partial charge on any atom is 0.416 e. The van der Waals surface area contributed by atoms with E-state index in [4.69, 9.17) is 6.42 Å². The van der Waals surface area contributed by atoms with Crippen LogP contribution < -0.4 is 0 Å². The molecule has 0 aliphatic carbocycles. The number of terminal acetylenes is 1. The standard InChI is InChI=1S/C11H8F4O/c1-2-3-10(16)8-6-7(11(13,14)15)4-5-9(8)12/h1,4-6,10,16H,3H2. The minimum Gasteiger partial charge on any atom is -0.387 e. The Labute approximate surface area is 89.7 Å². The average Bonchev–Trinajstić information content (AvgIpc) is 2.16. The number of aliphatic hydroxyl groups is 1. The summed E-state index contributed by atoms with van der Waals surface area (Å²) >= 11 is 0. The van der Waals surface area contributed by atoms with Crippen molar-refractivity contribution in [3.8, 4) is 12.3 Å². The van der Waals surface area contributed by atoms with Gasteiger partial charge in [0.2, 0.25) is 0 Å². The molecule has 5 heteroatoms. The van der Waals surface area contributed by atoms with Crippen LogP contribution in [0.1, 0.15) is 23.7 Å². The highest BCUT2D eigenvalue weighted by atomic mass is 19.4. The zero-order chi connectivity index (χ0) is 12.3. The van der Waals surface area contributed by atoms with Crippen LogP contribution in [0, 0.1) is 18.2 Å².